The quantitative estimate of drug-likeness (QED) is 0.910. The van der Waals surface area contributed by atoms with E-state index in [-0.39, 0.29) is 0 Å². The minimum atomic E-state index is 0.681. The fourth-order valence-corrected chi connectivity index (χ4v) is 1.90. The maximum Gasteiger partial charge on any atom is 0.130 e. The Kier molecular flexibility index (Phi) is 4.33. The molecule has 0 spiro atoms. The molecule has 1 aromatic heterocycles. The third kappa shape index (κ3) is 3.31. The van der Waals surface area contributed by atoms with Crippen molar-refractivity contribution in [3.63, 3.8) is 0 Å². The highest BCUT2D eigenvalue weighted by Gasteiger charge is 2.00. The van der Waals surface area contributed by atoms with Gasteiger partial charge in [-0.3, -0.25) is 0 Å². The van der Waals surface area contributed by atoms with Crippen LogP contribution in [0.25, 0.3) is 0 Å². The predicted molar refractivity (Wildman–Crippen MR) is 79.2 cm³/mol. The van der Waals surface area contributed by atoms with Crippen LogP contribution in [0.4, 0.5) is 11.5 Å². The summed E-state index contributed by atoms with van der Waals surface area (Å²) in [5.41, 5.74) is 8.78. The summed E-state index contributed by atoms with van der Waals surface area (Å²) in [4.78, 5) is 4.45. The van der Waals surface area contributed by atoms with Crippen LogP contribution in [0.2, 0.25) is 0 Å². The average Bonchev–Trinajstić information content (AvgIpc) is 2.37. The summed E-state index contributed by atoms with van der Waals surface area (Å²) in [6.07, 6.45) is 0.913. The lowest BCUT2D eigenvalue weighted by molar-refractivity contribution is 0.969. The number of hydrogen-bond donors (Lipinski definition) is 2. The van der Waals surface area contributed by atoms with Gasteiger partial charge in [0, 0.05) is 10.2 Å². The Morgan fingerprint density at radius 1 is 1.17 bits per heavy atom. The smallest absolute Gasteiger partial charge is 0.130 e. The van der Waals surface area contributed by atoms with Crippen LogP contribution < -0.4 is 11.1 Å². The molecule has 0 atom stereocenters. The number of nitrogens with one attached hydrogen (secondary N) is 1. The van der Waals surface area contributed by atoms with E-state index in [4.69, 9.17) is 5.73 Å². The van der Waals surface area contributed by atoms with Gasteiger partial charge in [0.1, 0.15) is 5.82 Å². The molecule has 0 aliphatic rings. The van der Waals surface area contributed by atoms with Crippen molar-refractivity contribution in [1.29, 1.82) is 0 Å². The Hall–Kier alpha value is -1.39. The molecule has 94 valence electrons. The zero-order valence-electron chi connectivity index (χ0n) is 10.3. The van der Waals surface area contributed by atoms with Crippen LogP contribution in [0.1, 0.15) is 11.3 Å². The van der Waals surface area contributed by atoms with Gasteiger partial charge in [0.05, 0.1) is 5.69 Å². The maximum atomic E-state index is 5.52. The second-order valence-electron chi connectivity index (χ2n) is 4.12. The lowest BCUT2D eigenvalue weighted by Gasteiger charge is -2.08. The Bertz CT molecular complexity index is 523. The molecule has 0 bridgehead atoms. The van der Waals surface area contributed by atoms with E-state index in [1.165, 1.54) is 5.56 Å². The first-order valence-corrected chi connectivity index (χ1v) is 6.67. The number of anilines is 2. The largest absolute Gasteiger partial charge is 0.340 e. The third-order valence-corrected chi connectivity index (χ3v) is 3.52. The molecule has 0 unspecified atom stereocenters. The summed E-state index contributed by atoms with van der Waals surface area (Å²) in [5.74, 6) is 0.849. The number of pyridine rings is 1. The maximum absolute atomic E-state index is 5.52. The molecule has 0 amide bonds. The molecule has 1 aromatic carbocycles. The molecule has 0 aliphatic carbocycles. The topological polar surface area (TPSA) is 50.9 Å². The number of nitrogens with two attached hydrogens (primary N) is 1. The van der Waals surface area contributed by atoms with Crippen LogP contribution in [0.5, 0.6) is 0 Å². The van der Waals surface area contributed by atoms with Gasteiger partial charge in [-0.05, 0) is 65.6 Å². The first-order chi connectivity index (χ1) is 8.69. The lowest BCUT2D eigenvalue weighted by atomic mass is 10.1. The third-order valence-electron chi connectivity index (χ3n) is 2.68. The molecule has 0 aliphatic heterocycles. The van der Waals surface area contributed by atoms with Crippen LogP contribution in [-0.2, 0) is 6.42 Å². The SMILES string of the molecule is Cc1nc(Nc2ccc(CCN)cc2)ccc1Br. The molecule has 4 heteroatoms. The summed E-state index contributed by atoms with van der Waals surface area (Å²) in [6.45, 7) is 2.65. The van der Waals surface area contributed by atoms with Gasteiger partial charge in [0.25, 0.3) is 0 Å². The van der Waals surface area contributed by atoms with Gasteiger partial charge in [-0.1, -0.05) is 12.1 Å². The number of nitrogens with zero attached hydrogens (tertiary/aromatic N) is 1. The van der Waals surface area contributed by atoms with Crippen LogP contribution in [0.3, 0.4) is 0 Å². The van der Waals surface area contributed by atoms with Crippen molar-refractivity contribution in [2.24, 2.45) is 5.73 Å². The molecule has 0 fully saturated rings. The van der Waals surface area contributed by atoms with Gasteiger partial charge in [0.15, 0.2) is 0 Å². The molecular weight excluding hydrogens is 290 g/mol. The van der Waals surface area contributed by atoms with Crippen molar-refractivity contribution in [1.82, 2.24) is 4.98 Å². The Labute approximate surface area is 116 Å². The second-order valence-corrected chi connectivity index (χ2v) is 4.98. The number of benzene rings is 1. The van der Waals surface area contributed by atoms with Crippen molar-refractivity contribution < 1.29 is 0 Å². The summed E-state index contributed by atoms with van der Waals surface area (Å²) < 4.78 is 1.02. The van der Waals surface area contributed by atoms with E-state index in [1.54, 1.807) is 0 Å². The van der Waals surface area contributed by atoms with Gasteiger partial charge in [-0.15, -0.1) is 0 Å². The van der Waals surface area contributed by atoms with Crippen molar-refractivity contribution in [2.75, 3.05) is 11.9 Å². The molecule has 2 rings (SSSR count). The highest BCUT2D eigenvalue weighted by Crippen LogP contribution is 2.20. The predicted octanol–water partition coefficient (Wildman–Crippen LogP) is 3.40. The Morgan fingerprint density at radius 3 is 2.50 bits per heavy atom. The van der Waals surface area contributed by atoms with Crippen LogP contribution in [0.15, 0.2) is 40.9 Å². The van der Waals surface area contributed by atoms with Gasteiger partial charge < -0.3 is 11.1 Å². The number of aryl methyl sites for hydroxylation is 1. The fraction of sp³-hybridized carbons (Fsp3) is 0.214. The normalized spacial score (nSPS) is 10.4. The average molecular weight is 306 g/mol. The van der Waals surface area contributed by atoms with Crippen molar-refractivity contribution >= 4 is 27.4 Å². The van der Waals surface area contributed by atoms with Gasteiger partial charge in [-0.25, -0.2) is 4.98 Å². The molecule has 2 aromatic rings. The van der Waals surface area contributed by atoms with Gasteiger partial charge in [-0.2, -0.15) is 0 Å². The molecule has 0 saturated heterocycles. The van der Waals surface area contributed by atoms with E-state index in [1.807, 2.05) is 31.2 Å². The lowest BCUT2D eigenvalue weighted by Crippen LogP contribution is -2.02. The van der Waals surface area contributed by atoms with Crippen LogP contribution in [0, 0.1) is 6.92 Å². The highest BCUT2D eigenvalue weighted by atomic mass is 79.9. The van der Waals surface area contributed by atoms with Crippen LogP contribution >= 0.6 is 15.9 Å². The standard InChI is InChI=1S/C14H16BrN3/c1-10-13(15)6-7-14(17-10)18-12-4-2-11(3-5-12)8-9-16/h2-7H,8-9,16H2,1H3,(H,17,18). The van der Waals surface area contributed by atoms with E-state index in [0.717, 1.165) is 28.1 Å². The number of hydrogen-bond acceptors (Lipinski definition) is 3. The molecule has 3 N–H and O–H groups in total. The zero-order valence-corrected chi connectivity index (χ0v) is 11.9. The highest BCUT2D eigenvalue weighted by molar-refractivity contribution is 9.10. The summed E-state index contributed by atoms with van der Waals surface area (Å²) in [7, 11) is 0. The van der Waals surface area contributed by atoms with E-state index in [2.05, 4.69) is 38.4 Å². The molecule has 0 saturated carbocycles. The minimum absolute atomic E-state index is 0.681. The van der Waals surface area contributed by atoms with E-state index < -0.39 is 0 Å². The molecule has 18 heavy (non-hydrogen) atoms. The Morgan fingerprint density at radius 2 is 1.89 bits per heavy atom. The van der Waals surface area contributed by atoms with E-state index in [9.17, 15) is 0 Å². The number of rotatable bonds is 4. The first kappa shape index (κ1) is 13.1. The van der Waals surface area contributed by atoms with Gasteiger partial charge in [0.2, 0.25) is 0 Å². The molecule has 0 radical (unpaired) electrons. The van der Waals surface area contributed by atoms with E-state index >= 15 is 0 Å². The Balaban J connectivity index is 2.10. The van der Waals surface area contributed by atoms with Crippen LogP contribution in [-0.4, -0.2) is 11.5 Å². The summed E-state index contributed by atoms with van der Waals surface area (Å²) in [5, 5.41) is 3.28. The zero-order chi connectivity index (χ0) is 13.0. The second kappa shape index (κ2) is 5.98. The molecule has 3 nitrogen and oxygen atoms in total. The summed E-state index contributed by atoms with van der Waals surface area (Å²) >= 11 is 3.44. The monoisotopic (exact) mass is 305 g/mol. The van der Waals surface area contributed by atoms with Crippen molar-refractivity contribution in [3.05, 3.63) is 52.1 Å². The molecule has 1 heterocycles. The van der Waals surface area contributed by atoms with Crippen molar-refractivity contribution in [3.8, 4) is 0 Å². The van der Waals surface area contributed by atoms with Crippen molar-refractivity contribution in [2.45, 2.75) is 13.3 Å². The number of aromatic nitrogens is 1. The first-order valence-electron chi connectivity index (χ1n) is 5.88. The minimum Gasteiger partial charge on any atom is -0.340 e. The number of halogens is 1. The fourth-order valence-electron chi connectivity index (χ4n) is 1.68. The van der Waals surface area contributed by atoms with Gasteiger partial charge >= 0.3 is 0 Å². The molecular formula is C14H16BrN3. The summed E-state index contributed by atoms with van der Waals surface area (Å²) in [6, 6.07) is 12.2. The van der Waals surface area contributed by atoms with E-state index in [0.29, 0.717) is 6.54 Å².